The van der Waals surface area contributed by atoms with E-state index in [9.17, 15) is 0 Å². The van der Waals surface area contributed by atoms with E-state index in [0.29, 0.717) is 12.1 Å². The minimum atomic E-state index is 0.532. The third kappa shape index (κ3) is 2.87. The summed E-state index contributed by atoms with van der Waals surface area (Å²) in [6.07, 6.45) is 6.49. The number of aryl methyl sites for hydroxylation is 2. The van der Waals surface area contributed by atoms with Gasteiger partial charge in [-0.15, -0.1) is 11.3 Å². The van der Waals surface area contributed by atoms with Crippen molar-refractivity contribution in [3.63, 3.8) is 0 Å². The van der Waals surface area contributed by atoms with E-state index in [1.54, 1.807) is 11.3 Å². The van der Waals surface area contributed by atoms with Gasteiger partial charge in [-0.2, -0.15) is 5.10 Å². The fourth-order valence-electron chi connectivity index (χ4n) is 3.51. The summed E-state index contributed by atoms with van der Waals surface area (Å²) in [5.74, 6) is 2.04. The van der Waals surface area contributed by atoms with Gasteiger partial charge in [0.15, 0.2) is 5.13 Å². The smallest absolute Gasteiger partial charge is 0.185 e. The Morgan fingerprint density at radius 2 is 2.09 bits per heavy atom. The van der Waals surface area contributed by atoms with Crippen LogP contribution in [0.3, 0.4) is 0 Å². The van der Waals surface area contributed by atoms with Crippen molar-refractivity contribution >= 4 is 16.5 Å². The van der Waals surface area contributed by atoms with Gasteiger partial charge in [0.05, 0.1) is 6.54 Å². The monoisotopic (exact) mass is 318 g/mol. The Kier molecular flexibility index (Phi) is 3.83. The second-order valence-electron chi connectivity index (χ2n) is 6.24. The summed E-state index contributed by atoms with van der Waals surface area (Å²) in [6, 6.07) is 1.15. The van der Waals surface area contributed by atoms with Gasteiger partial charge < -0.3 is 10.2 Å². The van der Waals surface area contributed by atoms with Crippen LogP contribution in [0.25, 0.3) is 0 Å². The van der Waals surface area contributed by atoms with Crippen molar-refractivity contribution in [3.05, 3.63) is 23.2 Å². The normalized spacial score (nSPS) is 22.8. The van der Waals surface area contributed by atoms with Crippen LogP contribution in [-0.4, -0.2) is 44.9 Å². The second kappa shape index (κ2) is 5.96. The molecule has 118 valence electrons. The van der Waals surface area contributed by atoms with Gasteiger partial charge in [0.25, 0.3) is 0 Å². The minimum absolute atomic E-state index is 0.532. The number of hydrogen-bond donors (Lipinski definition) is 1. The molecule has 1 saturated heterocycles. The molecule has 6 nitrogen and oxygen atoms in total. The van der Waals surface area contributed by atoms with Crippen molar-refractivity contribution in [1.29, 1.82) is 0 Å². The molecule has 0 aromatic carbocycles. The molecule has 2 aromatic heterocycles. The zero-order valence-electron chi connectivity index (χ0n) is 12.9. The van der Waals surface area contributed by atoms with Gasteiger partial charge >= 0.3 is 0 Å². The molecule has 2 aliphatic rings. The summed E-state index contributed by atoms with van der Waals surface area (Å²) in [6.45, 7) is 5.14. The summed E-state index contributed by atoms with van der Waals surface area (Å²) in [4.78, 5) is 11.3. The fraction of sp³-hybridized carbons (Fsp3) is 0.667. The number of nitrogens with one attached hydrogen (secondary N) is 1. The third-order valence-electron chi connectivity index (χ3n) is 4.62. The first-order chi connectivity index (χ1) is 10.8. The van der Waals surface area contributed by atoms with Crippen LogP contribution in [-0.2, 0) is 13.0 Å². The highest BCUT2D eigenvalue weighted by Crippen LogP contribution is 2.23. The number of hydrogen-bond acceptors (Lipinski definition) is 6. The van der Waals surface area contributed by atoms with Crippen LogP contribution in [0, 0.1) is 6.92 Å². The molecule has 22 heavy (non-hydrogen) atoms. The number of aromatic nitrogens is 4. The maximum absolute atomic E-state index is 4.49. The lowest BCUT2D eigenvalue weighted by Gasteiger charge is -2.35. The number of thiazole rings is 1. The van der Waals surface area contributed by atoms with Crippen molar-refractivity contribution in [2.24, 2.45) is 0 Å². The number of fused-ring (bicyclic) bond motifs is 1. The molecule has 2 aliphatic heterocycles. The quantitative estimate of drug-likeness (QED) is 0.932. The van der Waals surface area contributed by atoms with Crippen LogP contribution in [0.15, 0.2) is 11.6 Å². The number of nitrogens with zero attached hydrogens (tertiary/aromatic N) is 5. The molecule has 0 saturated carbocycles. The van der Waals surface area contributed by atoms with Gasteiger partial charge in [-0.25, -0.2) is 14.6 Å². The third-order valence-corrected chi connectivity index (χ3v) is 5.45. The molecule has 0 spiro atoms. The highest BCUT2D eigenvalue weighted by Gasteiger charge is 2.26. The Morgan fingerprint density at radius 1 is 1.23 bits per heavy atom. The van der Waals surface area contributed by atoms with Crippen molar-refractivity contribution in [2.45, 2.75) is 51.2 Å². The molecule has 0 amide bonds. The molecule has 1 fully saturated rings. The first-order valence-electron chi connectivity index (χ1n) is 8.09. The summed E-state index contributed by atoms with van der Waals surface area (Å²) >= 11 is 1.74. The standard InChI is InChI=1S/C15H22N6S/c1-11-17-14-3-2-13(10-21(14)19-11)18-12-4-7-20(8-5-12)15-16-6-9-22-15/h6,9,12-13,18H,2-5,7-8,10H2,1H3. The Bertz CT molecular complexity index is 614. The minimum Gasteiger partial charge on any atom is -0.348 e. The van der Waals surface area contributed by atoms with Crippen LogP contribution in [0.5, 0.6) is 0 Å². The number of rotatable bonds is 3. The van der Waals surface area contributed by atoms with E-state index in [1.165, 1.54) is 24.4 Å². The average Bonchev–Trinajstić information content (AvgIpc) is 3.16. The SMILES string of the molecule is Cc1nc2n(n1)CC(NC1CCN(c3nccs3)CC1)CC2. The summed E-state index contributed by atoms with van der Waals surface area (Å²) in [7, 11) is 0. The van der Waals surface area contributed by atoms with Gasteiger partial charge in [-0.3, -0.25) is 0 Å². The van der Waals surface area contributed by atoms with Crippen LogP contribution in [0.2, 0.25) is 0 Å². The zero-order chi connectivity index (χ0) is 14.9. The van der Waals surface area contributed by atoms with E-state index in [-0.39, 0.29) is 0 Å². The Labute approximate surface area is 134 Å². The summed E-state index contributed by atoms with van der Waals surface area (Å²) in [5, 5.41) is 11.6. The maximum Gasteiger partial charge on any atom is 0.185 e. The molecule has 0 radical (unpaired) electrons. The Morgan fingerprint density at radius 3 is 2.86 bits per heavy atom. The topological polar surface area (TPSA) is 58.9 Å². The highest BCUT2D eigenvalue weighted by molar-refractivity contribution is 7.13. The zero-order valence-corrected chi connectivity index (χ0v) is 13.7. The van der Waals surface area contributed by atoms with E-state index < -0.39 is 0 Å². The van der Waals surface area contributed by atoms with E-state index >= 15 is 0 Å². The van der Waals surface area contributed by atoms with Crippen LogP contribution >= 0.6 is 11.3 Å². The van der Waals surface area contributed by atoms with Crippen molar-refractivity contribution in [3.8, 4) is 0 Å². The molecule has 2 aromatic rings. The number of anilines is 1. The van der Waals surface area contributed by atoms with Crippen molar-refractivity contribution < 1.29 is 0 Å². The maximum atomic E-state index is 4.49. The molecular formula is C15H22N6S. The van der Waals surface area contributed by atoms with Crippen LogP contribution in [0.1, 0.15) is 30.9 Å². The highest BCUT2D eigenvalue weighted by atomic mass is 32.1. The predicted octanol–water partition coefficient (Wildman–Crippen LogP) is 1.62. The van der Waals surface area contributed by atoms with Gasteiger partial charge in [0.2, 0.25) is 0 Å². The lowest BCUT2D eigenvalue weighted by Crippen LogP contribution is -2.48. The average molecular weight is 318 g/mol. The molecule has 1 N–H and O–H groups in total. The van der Waals surface area contributed by atoms with Crippen LogP contribution < -0.4 is 10.2 Å². The Hall–Kier alpha value is -1.47. The molecular weight excluding hydrogens is 296 g/mol. The lowest BCUT2D eigenvalue weighted by molar-refractivity contribution is 0.299. The summed E-state index contributed by atoms with van der Waals surface area (Å²) < 4.78 is 2.08. The molecule has 1 unspecified atom stereocenters. The first-order valence-corrected chi connectivity index (χ1v) is 8.97. The van der Waals surface area contributed by atoms with E-state index in [2.05, 4.69) is 35.3 Å². The van der Waals surface area contributed by atoms with Crippen molar-refractivity contribution in [1.82, 2.24) is 25.1 Å². The lowest BCUT2D eigenvalue weighted by atomic mass is 10.0. The molecule has 0 bridgehead atoms. The van der Waals surface area contributed by atoms with E-state index in [4.69, 9.17) is 0 Å². The number of piperidine rings is 1. The van der Waals surface area contributed by atoms with Gasteiger partial charge in [0.1, 0.15) is 11.6 Å². The fourth-order valence-corrected chi connectivity index (χ4v) is 4.21. The van der Waals surface area contributed by atoms with Crippen molar-refractivity contribution in [2.75, 3.05) is 18.0 Å². The summed E-state index contributed by atoms with van der Waals surface area (Å²) in [5.41, 5.74) is 0. The van der Waals surface area contributed by atoms with Gasteiger partial charge in [0, 0.05) is 43.2 Å². The van der Waals surface area contributed by atoms with E-state index in [0.717, 1.165) is 37.7 Å². The molecule has 7 heteroatoms. The predicted molar refractivity (Wildman–Crippen MR) is 87.4 cm³/mol. The second-order valence-corrected chi connectivity index (χ2v) is 7.11. The molecule has 4 heterocycles. The van der Waals surface area contributed by atoms with Gasteiger partial charge in [-0.1, -0.05) is 0 Å². The van der Waals surface area contributed by atoms with E-state index in [1.807, 2.05) is 13.1 Å². The van der Waals surface area contributed by atoms with Gasteiger partial charge in [-0.05, 0) is 26.2 Å². The Balaban J connectivity index is 1.30. The molecule has 4 rings (SSSR count). The first kappa shape index (κ1) is 14.1. The molecule has 1 atom stereocenters. The van der Waals surface area contributed by atoms with Crippen LogP contribution in [0.4, 0.5) is 5.13 Å². The molecule has 0 aliphatic carbocycles. The largest absolute Gasteiger partial charge is 0.348 e.